The molecule has 1 heterocycles. The van der Waals surface area contributed by atoms with Crippen LogP contribution in [0.15, 0.2) is 30.6 Å². The molecule has 1 aromatic carbocycles. The van der Waals surface area contributed by atoms with Crippen LogP contribution in [0.4, 0.5) is 11.6 Å². The molecule has 1 aliphatic rings. The van der Waals surface area contributed by atoms with Crippen LogP contribution in [0.1, 0.15) is 68.9 Å². The third-order valence-electron chi connectivity index (χ3n) is 5.27. The van der Waals surface area contributed by atoms with Crippen molar-refractivity contribution in [1.82, 2.24) is 9.97 Å². The Labute approximate surface area is 155 Å². The average Bonchev–Trinajstić information content (AvgIpc) is 2.60. The van der Waals surface area contributed by atoms with E-state index in [9.17, 15) is 4.79 Å². The van der Waals surface area contributed by atoms with E-state index in [4.69, 9.17) is 4.74 Å². The summed E-state index contributed by atoms with van der Waals surface area (Å²) in [5, 5.41) is 3.24. The van der Waals surface area contributed by atoms with E-state index in [1.165, 1.54) is 36.4 Å². The first-order chi connectivity index (χ1) is 12.2. The minimum atomic E-state index is -0.406. The van der Waals surface area contributed by atoms with Crippen LogP contribution in [0.25, 0.3) is 0 Å². The zero-order chi connectivity index (χ0) is 18.9. The Hall–Kier alpha value is -2.43. The lowest BCUT2D eigenvalue weighted by atomic mass is 9.63. The predicted molar refractivity (Wildman–Crippen MR) is 103 cm³/mol. The van der Waals surface area contributed by atoms with Gasteiger partial charge in [0, 0.05) is 18.1 Å². The van der Waals surface area contributed by atoms with Gasteiger partial charge in [-0.25, -0.2) is 14.8 Å². The lowest BCUT2D eigenvalue weighted by Crippen LogP contribution is -2.33. The van der Waals surface area contributed by atoms with Crippen LogP contribution in [-0.2, 0) is 15.6 Å². The van der Waals surface area contributed by atoms with Crippen molar-refractivity contribution < 1.29 is 9.53 Å². The lowest BCUT2D eigenvalue weighted by Gasteiger charge is -2.42. The third kappa shape index (κ3) is 3.57. The minimum Gasteiger partial charge on any atom is -0.462 e. The highest BCUT2D eigenvalue weighted by Gasteiger charge is 2.36. The van der Waals surface area contributed by atoms with Crippen LogP contribution in [-0.4, -0.2) is 22.5 Å². The molecule has 0 amide bonds. The van der Waals surface area contributed by atoms with Gasteiger partial charge in [0.05, 0.1) is 12.2 Å². The van der Waals surface area contributed by atoms with Crippen molar-refractivity contribution in [2.45, 2.75) is 58.3 Å². The highest BCUT2D eigenvalue weighted by atomic mass is 16.5. The summed E-state index contributed by atoms with van der Waals surface area (Å²) in [4.78, 5) is 20.1. The van der Waals surface area contributed by atoms with Crippen LogP contribution < -0.4 is 5.32 Å². The Balaban J connectivity index is 1.84. The molecule has 2 aromatic rings. The van der Waals surface area contributed by atoms with Gasteiger partial charge in [0.1, 0.15) is 0 Å². The van der Waals surface area contributed by atoms with E-state index in [-0.39, 0.29) is 10.8 Å². The van der Waals surface area contributed by atoms with Crippen molar-refractivity contribution in [3.63, 3.8) is 0 Å². The Morgan fingerprint density at radius 2 is 1.69 bits per heavy atom. The number of rotatable bonds is 4. The molecule has 0 aliphatic heterocycles. The normalized spacial score (nSPS) is 17.3. The molecular formula is C21H27N3O2. The molecule has 1 aromatic heterocycles. The summed E-state index contributed by atoms with van der Waals surface area (Å²) in [7, 11) is 0. The number of anilines is 2. The lowest BCUT2D eigenvalue weighted by molar-refractivity contribution is 0.0525. The van der Waals surface area contributed by atoms with Gasteiger partial charge < -0.3 is 10.1 Å². The number of aromatic nitrogens is 2. The van der Waals surface area contributed by atoms with Crippen molar-refractivity contribution in [1.29, 1.82) is 0 Å². The number of fused-ring (bicyclic) bond motifs is 1. The maximum atomic E-state index is 11.7. The van der Waals surface area contributed by atoms with Crippen molar-refractivity contribution in [3.8, 4) is 0 Å². The largest absolute Gasteiger partial charge is 0.462 e. The monoisotopic (exact) mass is 353 g/mol. The zero-order valence-electron chi connectivity index (χ0n) is 16.2. The molecule has 0 atom stereocenters. The maximum Gasteiger partial charge on any atom is 0.341 e. The molecule has 138 valence electrons. The number of esters is 1. The van der Waals surface area contributed by atoms with Gasteiger partial charge in [-0.1, -0.05) is 33.8 Å². The summed E-state index contributed by atoms with van der Waals surface area (Å²) in [5.41, 5.74) is 4.45. The molecule has 5 nitrogen and oxygen atoms in total. The summed E-state index contributed by atoms with van der Waals surface area (Å²) >= 11 is 0. The van der Waals surface area contributed by atoms with Crippen LogP contribution in [0.3, 0.4) is 0 Å². The van der Waals surface area contributed by atoms with Gasteiger partial charge in [-0.2, -0.15) is 0 Å². The minimum absolute atomic E-state index is 0.150. The summed E-state index contributed by atoms with van der Waals surface area (Å²) in [6.45, 7) is 11.3. The van der Waals surface area contributed by atoms with Gasteiger partial charge in [0.15, 0.2) is 0 Å². The number of carbonyl (C=O) groups is 1. The highest BCUT2D eigenvalue weighted by molar-refractivity contribution is 5.88. The molecule has 1 N–H and O–H groups in total. The van der Waals surface area contributed by atoms with Crippen LogP contribution in [0.5, 0.6) is 0 Å². The van der Waals surface area contributed by atoms with E-state index in [0.717, 1.165) is 5.69 Å². The molecule has 0 fully saturated rings. The van der Waals surface area contributed by atoms with Crippen molar-refractivity contribution >= 4 is 17.6 Å². The van der Waals surface area contributed by atoms with Crippen LogP contribution in [0, 0.1) is 0 Å². The molecule has 0 saturated carbocycles. The molecule has 0 saturated heterocycles. The Morgan fingerprint density at radius 3 is 2.31 bits per heavy atom. The standard InChI is InChI=1S/C21H27N3O2/c1-6-26-18(25)14-12-22-19(23-13-14)24-15-7-8-16-17(11-15)21(4,5)10-9-20(16,2)3/h7-8,11-13H,6,9-10H2,1-5H3,(H,22,23,24). The van der Waals surface area contributed by atoms with Gasteiger partial charge in [-0.05, 0) is 53.9 Å². The summed E-state index contributed by atoms with van der Waals surface area (Å²) in [6, 6.07) is 6.50. The van der Waals surface area contributed by atoms with Gasteiger partial charge in [0.2, 0.25) is 5.95 Å². The van der Waals surface area contributed by atoms with E-state index in [1.54, 1.807) is 6.92 Å². The Kier molecular flexibility index (Phi) is 4.74. The van der Waals surface area contributed by atoms with Crippen molar-refractivity contribution in [2.75, 3.05) is 11.9 Å². The number of benzene rings is 1. The molecule has 0 unspecified atom stereocenters. The fraction of sp³-hybridized carbons (Fsp3) is 0.476. The van der Waals surface area contributed by atoms with E-state index in [2.05, 4.69) is 61.2 Å². The van der Waals surface area contributed by atoms with E-state index >= 15 is 0 Å². The number of hydrogen-bond donors (Lipinski definition) is 1. The second-order valence-electron chi connectivity index (χ2n) is 8.17. The summed E-state index contributed by atoms with van der Waals surface area (Å²) < 4.78 is 4.95. The average molecular weight is 353 g/mol. The Bertz CT molecular complexity index is 811. The molecule has 0 radical (unpaired) electrons. The van der Waals surface area contributed by atoms with Gasteiger partial charge in [-0.15, -0.1) is 0 Å². The number of nitrogens with zero attached hydrogens (tertiary/aromatic N) is 2. The molecule has 0 bridgehead atoms. The first kappa shape index (κ1) is 18.4. The van der Waals surface area contributed by atoms with Crippen LogP contribution in [0.2, 0.25) is 0 Å². The zero-order valence-corrected chi connectivity index (χ0v) is 16.2. The molecule has 26 heavy (non-hydrogen) atoms. The van der Waals surface area contributed by atoms with E-state index in [0.29, 0.717) is 18.1 Å². The molecule has 0 spiro atoms. The molecule has 5 heteroatoms. The second-order valence-corrected chi connectivity index (χ2v) is 8.17. The fourth-order valence-electron chi connectivity index (χ4n) is 3.51. The number of ether oxygens (including phenoxy) is 1. The predicted octanol–water partition coefficient (Wildman–Crippen LogP) is 4.75. The quantitative estimate of drug-likeness (QED) is 0.804. The first-order valence-corrected chi connectivity index (χ1v) is 9.14. The van der Waals surface area contributed by atoms with Gasteiger partial charge in [-0.3, -0.25) is 0 Å². The van der Waals surface area contributed by atoms with E-state index in [1.807, 2.05) is 0 Å². The maximum absolute atomic E-state index is 11.7. The topological polar surface area (TPSA) is 64.1 Å². The Morgan fingerprint density at radius 1 is 1.08 bits per heavy atom. The highest BCUT2D eigenvalue weighted by Crippen LogP contribution is 2.46. The van der Waals surface area contributed by atoms with Gasteiger partial charge in [0.25, 0.3) is 0 Å². The van der Waals surface area contributed by atoms with Crippen molar-refractivity contribution in [2.24, 2.45) is 0 Å². The van der Waals surface area contributed by atoms with Crippen LogP contribution >= 0.6 is 0 Å². The second kappa shape index (κ2) is 6.71. The SMILES string of the molecule is CCOC(=O)c1cnc(Nc2ccc3c(c2)C(C)(C)CCC3(C)C)nc1. The fourth-order valence-corrected chi connectivity index (χ4v) is 3.51. The van der Waals surface area contributed by atoms with E-state index < -0.39 is 5.97 Å². The number of nitrogens with one attached hydrogen (secondary N) is 1. The molecule has 1 aliphatic carbocycles. The summed E-state index contributed by atoms with van der Waals surface area (Å²) in [6.07, 6.45) is 5.33. The number of hydrogen-bond acceptors (Lipinski definition) is 5. The van der Waals surface area contributed by atoms with Crippen molar-refractivity contribution in [3.05, 3.63) is 47.3 Å². The smallest absolute Gasteiger partial charge is 0.341 e. The molecular weight excluding hydrogens is 326 g/mol. The molecule has 3 rings (SSSR count). The number of carbonyl (C=O) groups excluding carboxylic acids is 1. The third-order valence-corrected chi connectivity index (χ3v) is 5.27. The first-order valence-electron chi connectivity index (χ1n) is 9.14. The van der Waals surface area contributed by atoms with Gasteiger partial charge >= 0.3 is 5.97 Å². The summed E-state index contributed by atoms with van der Waals surface area (Å²) in [5.74, 6) is 0.0580.